The van der Waals surface area contributed by atoms with E-state index in [9.17, 15) is 4.39 Å². The number of hydrogen-bond donors (Lipinski definition) is 1. The third-order valence-electron chi connectivity index (χ3n) is 4.50. The Kier molecular flexibility index (Phi) is 5.22. The van der Waals surface area contributed by atoms with Gasteiger partial charge in [0.05, 0.1) is 12.7 Å². The Morgan fingerprint density at radius 1 is 1.52 bits per heavy atom. The molecule has 0 bridgehead atoms. The zero-order valence-electron chi connectivity index (χ0n) is 13.4. The van der Waals surface area contributed by atoms with E-state index >= 15 is 0 Å². The Morgan fingerprint density at radius 2 is 2.29 bits per heavy atom. The van der Waals surface area contributed by atoms with Gasteiger partial charge in [-0.25, -0.2) is 4.39 Å². The van der Waals surface area contributed by atoms with E-state index in [0.29, 0.717) is 6.04 Å². The van der Waals surface area contributed by atoms with Crippen molar-refractivity contribution >= 4 is 0 Å². The largest absolute Gasteiger partial charge is 0.494 e. The number of rotatable bonds is 5. The molecule has 0 radical (unpaired) electrons. The Bertz CT molecular complexity index is 480. The molecule has 1 aliphatic heterocycles. The molecule has 1 aromatic rings. The Balaban J connectivity index is 2.01. The smallest absolute Gasteiger partial charge is 0.165 e. The monoisotopic (exact) mass is 295 g/mol. The van der Waals surface area contributed by atoms with Gasteiger partial charge in [-0.15, -0.1) is 0 Å². The Morgan fingerprint density at radius 3 is 2.90 bits per heavy atom. The SMILES string of the molecule is CCC1(C)CC(NC(C)c2ccc(OC)c(F)c2)CCO1. The average Bonchev–Trinajstić information content (AvgIpc) is 2.47. The lowest BCUT2D eigenvalue weighted by Crippen LogP contribution is -2.45. The van der Waals surface area contributed by atoms with Crippen molar-refractivity contribution in [3.8, 4) is 5.75 Å². The molecule has 4 heteroatoms. The lowest BCUT2D eigenvalue weighted by atomic mass is 9.89. The number of halogens is 1. The molecule has 21 heavy (non-hydrogen) atoms. The van der Waals surface area contributed by atoms with Crippen LogP contribution in [0.5, 0.6) is 5.75 Å². The average molecular weight is 295 g/mol. The number of hydrogen-bond acceptors (Lipinski definition) is 3. The molecule has 1 aromatic carbocycles. The second-order valence-corrected chi connectivity index (χ2v) is 6.12. The minimum Gasteiger partial charge on any atom is -0.494 e. The van der Waals surface area contributed by atoms with Crippen molar-refractivity contribution in [2.75, 3.05) is 13.7 Å². The van der Waals surface area contributed by atoms with Crippen molar-refractivity contribution in [2.45, 2.75) is 57.7 Å². The summed E-state index contributed by atoms with van der Waals surface area (Å²) in [6.45, 7) is 7.18. The molecule has 1 fully saturated rings. The highest BCUT2D eigenvalue weighted by atomic mass is 19.1. The quantitative estimate of drug-likeness (QED) is 0.895. The van der Waals surface area contributed by atoms with Crippen molar-refractivity contribution in [1.82, 2.24) is 5.32 Å². The van der Waals surface area contributed by atoms with E-state index < -0.39 is 0 Å². The Hall–Kier alpha value is -1.13. The van der Waals surface area contributed by atoms with E-state index in [1.165, 1.54) is 7.11 Å². The van der Waals surface area contributed by atoms with Crippen LogP contribution in [0.2, 0.25) is 0 Å². The van der Waals surface area contributed by atoms with Crippen LogP contribution >= 0.6 is 0 Å². The van der Waals surface area contributed by atoms with Gasteiger partial charge in [0.15, 0.2) is 11.6 Å². The first-order valence-electron chi connectivity index (χ1n) is 7.71. The summed E-state index contributed by atoms with van der Waals surface area (Å²) in [5.74, 6) is -0.0235. The molecule has 0 aliphatic carbocycles. The summed E-state index contributed by atoms with van der Waals surface area (Å²) in [6.07, 6.45) is 3.00. The summed E-state index contributed by atoms with van der Waals surface area (Å²) in [7, 11) is 1.48. The van der Waals surface area contributed by atoms with E-state index in [0.717, 1.165) is 31.4 Å². The highest BCUT2D eigenvalue weighted by Crippen LogP contribution is 2.29. The minimum absolute atomic E-state index is 0.0409. The maximum absolute atomic E-state index is 13.8. The predicted molar refractivity (Wildman–Crippen MR) is 82.2 cm³/mol. The van der Waals surface area contributed by atoms with Crippen molar-refractivity contribution in [3.05, 3.63) is 29.6 Å². The molecule has 1 heterocycles. The van der Waals surface area contributed by atoms with Crippen LogP contribution in [-0.2, 0) is 4.74 Å². The maximum atomic E-state index is 13.8. The van der Waals surface area contributed by atoms with Crippen LogP contribution < -0.4 is 10.1 Å². The first kappa shape index (κ1) is 16.2. The normalized spacial score (nSPS) is 27.4. The molecule has 1 saturated heterocycles. The van der Waals surface area contributed by atoms with Gasteiger partial charge in [0.2, 0.25) is 0 Å². The second-order valence-electron chi connectivity index (χ2n) is 6.12. The molecule has 0 amide bonds. The summed E-state index contributed by atoms with van der Waals surface area (Å²) in [4.78, 5) is 0. The molecular formula is C17H26FNO2. The topological polar surface area (TPSA) is 30.5 Å². The first-order valence-corrected chi connectivity index (χ1v) is 7.71. The van der Waals surface area contributed by atoms with Crippen LogP contribution in [0.4, 0.5) is 4.39 Å². The van der Waals surface area contributed by atoms with Crippen molar-refractivity contribution in [1.29, 1.82) is 0 Å². The fourth-order valence-electron chi connectivity index (χ4n) is 2.92. The first-order chi connectivity index (χ1) is 9.97. The van der Waals surface area contributed by atoms with Crippen LogP contribution in [0.15, 0.2) is 18.2 Å². The Labute approximate surface area is 126 Å². The van der Waals surface area contributed by atoms with E-state index in [1.807, 2.05) is 6.07 Å². The van der Waals surface area contributed by atoms with Crippen LogP contribution in [-0.4, -0.2) is 25.4 Å². The van der Waals surface area contributed by atoms with Crippen molar-refractivity contribution in [3.63, 3.8) is 0 Å². The number of ether oxygens (including phenoxy) is 2. The molecule has 3 atom stereocenters. The summed E-state index contributed by atoms with van der Waals surface area (Å²) < 4.78 is 24.6. The van der Waals surface area contributed by atoms with Gasteiger partial charge < -0.3 is 14.8 Å². The number of methoxy groups -OCH3 is 1. The molecule has 2 rings (SSSR count). The fraction of sp³-hybridized carbons (Fsp3) is 0.647. The third kappa shape index (κ3) is 3.95. The van der Waals surface area contributed by atoms with Gasteiger partial charge in [0, 0.05) is 18.7 Å². The van der Waals surface area contributed by atoms with E-state index in [1.54, 1.807) is 12.1 Å². The van der Waals surface area contributed by atoms with E-state index in [-0.39, 0.29) is 23.2 Å². The van der Waals surface area contributed by atoms with Gasteiger partial charge in [0.1, 0.15) is 0 Å². The van der Waals surface area contributed by atoms with Crippen LogP contribution in [0.3, 0.4) is 0 Å². The van der Waals surface area contributed by atoms with Crippen molar-refractivity contribution in [2.24, 2.45) is 0 Å². The highest BCUT2D eigenvalue weighted by molar-refractivity contribution is 5.30. The number of benzene rings is 1. The summed E-state index contributed by atoms with van der Waals surface area (Å²) in [5, 5.41) is 3.60. The standard InChI is InChI=1S/C17H26FNO2/c1-5-17(3)11-14(8-9-21-17)19-12(2)13-6-7-16(20-4)15(18)10-13/h6-7,10,12,14,19H,5,8-9,11H2,1-4H3. The zero-order valence-corrected chi connectivity index (χ0v) is 13.4. The molecular weight excluding hydrogens is 269 g/mol. The van der Waals surface area contributed by atoms with Crippen molar-refractivity contribution < 1.29 is 13.9 Å². The summed E-state index contributed by atoms with van der Waals surface area (Å²) in [6, 6.07) is 5.66. The molecule has 0 aromatic heterocycles. The lowest BCUT2D eigenvalue weighted by Gasteiger charge is -2.39. The van der Waals surface area contributed by atoms with Gasteiger partial charge in [-0.2, -0.15) is 0 Å². The highest BCUT2D eigenvalue weighted by Gasteiger charge is 2.32. The predicted octanol–water partition coefficient (Wildman–Crippen LogP) is 3.83. The molecule has 3 unspecified atom stereocenters. The second kappa shape index (κ2) is 6.75. The van der Waals surface area contributed by atoms with Gasteiger partial charge in [0.25, 0.3) is 0 Å². The lowest BCUT2D eigenvalue weighted by molar-refractivity contribution is -0.0789. The minimum atomic E-state index is -0.311. The van der Waals surface area contributed by atoms with Gasteiger partial charge in [-0.05, 0) is 50.8 Å². The molecule has 118 valence electrons. The summed E-state index contributed by atoms with van der Waals surface area (Å²) in [5.41, 5.74) is 0.902. The van der Waals surface area contributed by atoms with Gasteiger partial charge >= 0.3 is 0 Å². The number of nitrogens with one attached hydrogen (secondary N) is 1. The maximum Gasteiger partial charge on any atom is 0.165 e. The van der Waals surface area contributed by atoms with Crippen LogP contribution in [0.1, 0.15) is 51.6 Å². The van der Waals surface area contributed by atoms with Gasteiger partial charge in [-0.1, -0.05) is 13.0 Å². The molecule has 1 aliphatic rings. The molecule has 3 nitrogen and oxygen atoms in total. The van der Waals surface area contributed by atoms with Crippen LogP contribution in [0, 0.1) is 5.82 Å². The molecule has 0 saturated carbocycles. The van der Waals surface area contributed by atoms with E-state index in [4.69, 9.17) is 9.47 Å². The molecule has 0 spiro atoms. The van der Waals surface area contributed by atoms with Crippen LogP contribution in [0.25, 0.3) is 0 Å². The van der Waals surface area contributed by atoms with Gasteiger partial charge in [-0.3, -0.25) is 0 Å². The molecule has 1 N–H and O–H groups in total. The fourth-order valence-corrected chi connectivity index (χ4v) is 2.92. The van der Waals surface area contributed by atoms with E-state index in [2.05, 4.69) is 26.1 Å². The zero-order chi connectivity index (χ0) is 15.5. The summed E-state index contributed by atoms with van der Waals surface area (Å²) >= 11 is 0. The third-order valence-corrected chi connectivity index (χ3v) is 4.50.